The molecule has 1 unspecified atom stereocenters. The van der Waals surface area contributed by atoms with E-state index in [0.717, 1.165) is 6.07 Å². The molecule has 0 radical (unpaired) electrons. The van der Waals surface area contributed by atoms with Gasteiger partial charge in [-0.15, -0.1) is 0 Å². The predicted molar refractivity (Wildman–Crippen MR) is 87.3 cm³/mol. The normalized spacial score (nSPS) is 12.5. The maximum atomic E-state index is 12.4. The van der Waals surface area contributed by atoms with Crippen molar-refractivity contribution in [2.45, 2.75) is 17.9 Å². The number of carbonyl (C=O) groups excluding carboxylic acids is 1. The Hall–Kier alpha value is -2.58. The van der Waals surface area contributed by atoms with E-state index in [1.54, 1.807) is 6.07 Å². The van der Waals surface area contributed by atoms with E-state index in [1.807, 2.05) is 0 Å². The van der Waals surface area contributed by atoms with Crippen LogP contribution in [0.4, 0.5) is 5.69 Å². The maximum absolute atomic E-state index is 12.4. The van der Waals surface area contributed by atoms with Gasteiger partial charge in [-0.3, -0.25) is 4.72 Å². The summed E-state index contributed by atoms with van der Waals surface area (Å²) in [5, 5.41) is 19.4. The number of rotatable bonds is 5. The Kier molecular flexibility index (Phi) is 5.10. The highest BCUT2D eigenvalue weighted by Crippen LogP contribution is 2.25. The smallest absolute Gasteiger partial charge is 0.341 e. The lowest BCUT2D eigenvalue weighted by atomic mass is 10.1. The molecule has 2 aromatic rings. The van der Waals surface area contributed by atoms with Crippen LogP contribution in [-0.2, 0) is 14.8 Å². The molecule has 0 aromatic heterocycles. The second-order valence-electron chi connectivity index (χ2n) is 5.08. The van der Waals surface area contributed by atoms with E-state index in [-0.39, 0.29) is 16.1 Å². The van der Waals surface area contributed by atoms with Gasteiger partial charge >= 0.3 is 5.97 Å². The Labute approximate surface area is 139 Å². The van der Waals surface area contributed by atoms with E-state index < -0.39 is 27.8 Å². The second kappa shape index (κ2) is 6.90. The summed E-state index contributed by atoms with van der Waals surface area (Å²) in [7, 11) is -2.74. The molecule has 0 fully saturated rings. The molecule has 3 N–H and O–H groups in total. The van der Waals surface area contributed by atoms with Crippen LogP contribution in [0.3, 0.4) is 0 Å². The minimum absolute atomic E-state index is 0.0302. The van der Waals surface area contributed by atoms with Gasteiger partial charge in [0, 0.05) is 6.07 Å². The van der Waals surface area contributed by atoms with Gasteiger partial charge in [0.15, 0.2) is 0 Å². The lowest BCUT2D eigenvalue weighted by Crippen LogP contribution is -2.13. The lowest BCUT2D eigenvalue weighted by Gasteiger charge is -2.11. The Balaban J connectivity index is 2.31. The molecular weight excluding hydrogens is 334 g/mol. The Morgan fingerprint density at radius 1 is 1.21 bits per heavy atom. The molecule has 1 atom stereocenters. The Bertz CT molecular complexity index is 861. The number of hydrogen-bond acceptors (Lipinski definition) is 6. The second-order valence-corrected chi connectivity index (χ2v) is 6.76. The summed E-state index contributed by atoms with van der Waals surface area (Å²) in [6.45, 7) is 1.53. The average molecular weight is 351 g/mol. The number of aliphatic hydroxyl groups is 1. The quantitative estimate of drug-likeness (QED) is 0.711. The van der Waals surface area contributed by atoms with Crippen LogP contribution in [0.5, 0.6) is 5.75 Å². The van der Waals surface area contributed by atoms with Crippen molar-refractivity contribution in [3.8, 4) is 5.75 Å². The standard InChI is InChI=1S/C16H17NO6S/c1-10(18)11-4-3-5-13(8-11)24(21,22)17-12-6-7-14(15(19)9-12)16(20)23-2/h3-10,17-19H,1-2H3. The fourth-order valence-electron chi connectivity index (χ4n) is 2.03. The molecule has 0 saturated heterocycles. The summed E-state index contributed by atoms with van der Waals surface area (Å²) >= 11 is 0. The zero-order chi connectivity index (χ0) is 17.9. The third kappa shape index (κ3) is 3.84. The molecule has 8 heteroatoms. The van der Waals surface area contributed by atoms with E-state index >= 15 is 0 Å². The molecule has 7 nitrogen and oxygen atoms in total. The van der Waals surface area contributed by atoms with Gasteiger partial charge in [0.05, 0.1) is 23.8 Å². The molecule has 0 spiro atoms. The van der Waals surface area contributed by atoms with E-state index in [9.17, 15) is 23.4 Å². The van der Waals surface area contributed by atoms with Crippen molar-refractivity contribution in [3.05, 3.63) is 53.6 Å². The van der Waals surface area contributed by atoms with Gasteiger partial charge in [0.25, 0.3) is 10.0 Å². The molecule has 0 bridgehead atoms. The first kappa shape index (κ1) is 17.8. The molecule has 0 aliphatic carbocycles. The van der Waals surface area contributed by atoms with Crippen molar-refractivity contribution in [1.82, 2.24) is 0 Å². The predicted octanol–water partition coefficient (Wildman–Crippen LogP) is 2.03. The minimum atomic E-state index is -3.91. The van der Waals surface area contributed by atoms with Gasteiger partial charge in [0.1, 0.15) is 11.3 Å². The zero-order valence-corrected chi connectivity index (χ0v) is 13.9. The highest BCUT2D eigenvalue weighted by molar-refractivity contribution is 7.92. The molecule has 0 saturated carbocycles. The number of methoxy groups -OCH3 is 1. The number of nitrogens with one attached hydrogen (secondary N) is 1. The van der Waals surface area contributed by atoms with Crippen LogP contribution in [0.2, 0.25) is 0 Å². The molecule has 0 heterocycles. The fraction of sp³-hybridized carbons (Fsp3) is 0.188. The van der Waals surface area contributed by atoms with Gasteiger partial charge in [0.2, 0.25) is 0 Å². The van der Waals surface area contributed by atoms with Gasteiger partial charge in [-0.05, 0) is 36.8 Å². The van der Waals surface area contributed by atoms with Crippen molar-refractivity contribution in [1.29, 1.82) is 0 Å². The number of ether oxygens (including phenoxy) is 1. The van der Waals surface area contributed by atoms with Crippen LogP contribution in [-0.4, -0.2) is 31.7 Å². The number of carbonyl (C=O) groups is 1. The fourth-order valence-corrected chi connectivity index (χ4v) is 3.14. The van der Waals surface area contributed by atoms with E-state index in [4.69, 9.17) is 0 Å². The summed E-state index contributed by atoms with van der Waals surface area (Å²) in [5.41, 5.74) is 0.473. The summed E-state index contributed by atoms with van der Waals surface area (Å²) in [6.07, 6.45) is -0.802. The molecular formula is C16H17NO6S. The number of hydrogen-bond donors (Lipinski definition) is 3. The van der Waals surface area contributed by atoms with Crippen molar-refractivity contribution < 1.29 is 28.2 Å². The number of sulfonamides is 1. The van der Waals surface area contributed by atoms with Gasteiger partial charge in [-0.2, -0.15) is 0 Å². The number of anilines is 1. The topological polar surface area (TPSA) is 113 Å². The van der Waals surface area contributed by atoms with Crippen molar-refractivity contribution in [2.75, 3.05) is 11.8 Å². The summed E-state index contributed by atoms with van der Waals surface area (Å²) < 4.78 is 31.6. The van der Waals surface area contributed by atoms with Gasteiger partial charge < -0.3 is 14.9 Å². The minimum Gasteiger partial charge on any atom is -0.507 e. The number of benzene rings is 2. The van der Waals surface area contributed by atoms with Crippen LogP contribution in [0, 0.1) is 0 Å². The van der Waals surface area contributed by atoms with Crippen LogP contribution < -0.4 is 4.72 Å². The van der Waals surface area contributed by atoms with Crippen LogP contribution >= 0.6 is 0 Å². The van der Waals surface area contributed by atoms with E-state index in [1.165, 1.54) is 44.4 Å². The largest absolute Gasteiger partial charge is 0.507 e. The van der Waals surface area contributed by atoms with Crippen molar-refractivity contribution in [3.63, 3.8) is 0 Å². The highest BCUT2D eigenvalue weighted by Gasteiger charge is 2.18. The first-order chi connectivity index (χ1) is 11.2. The molecule has 0 amide bonds. The van der Waals surface area contributed by atoms with E-state index in [2.05, 4.69) is 9.46 Å². The summed E-state index contributed by atoms with van der Waals surface area (Å²) in [4.78, 5) is 11.4. The summed E-state index contributed by atoms with van der Waals surface area (Å²) in [5.74, 6) is -1.13. The SMILES string of the molecule is COC(=O)c1ccc(NS(=O)(=O)c2cccc(C(C)O)c2)cc1O. The number of aliphatic hydroxyl groups excluding tert-OH is 1. The van der Waals surface area contributed by atoms with E-state index in [0.29, 0.717) is 5.56 Å². The first-order valence-electron chi connectivity index (χ1n) is 6.97. The molecule has 2 rings (SSSR count). The lowest BCUT2D eigenvalue weighted by molar-refractivity contribution is 0.0597. The number of phenolic OH excluding ortho intramolecular Hbond substituents is 1. The molecule has 0 aliphatic heterocycles. The molecule has 0 aliphatic rings. The Morgan fingerprint density at radius 3 is 2.50 bits per heavy atom. The number of esters is 1. The zero-order valence-electron chi connectivity index (χ0n) is 13.1. The molecule has 24 heavy (non-hydrogen) atoms. The van der Waals surface area contributed by atoms with Crippen molar-refractivity contribution >= 4 is 21.7 Å². The third-order valence-electron chi connectivity index (χ3n) is 3.31. The Morgan fingerprint density at radius 2 is 1.92 bits per heavy atom. The summed E-state index contributed by atoms with van der Waals surface area (Å²) in [6, 6.07) is 9.58. The van der Waals surface area contributed by atoms with Crippen molar-refractivity contribution in [2.24, 2.45) is 0 Å². The number of aromatic hydroxyl groups is 1. The third-order valence-corrected chi connectivity index (χ3v) is 4.69. The van der Waals surface area contributed by atoms with Crippen LogP contribution in [0.25, 0.3) is 0 Å². The van der Waals surface area contributed by atoms with Crippen LogP contribution in [0.15, 0.2) is 47.4 Å². The highest BCUT2D eigenvalue weighted by atomic mass is 32.2. The molecule has 128 valence electrons. The van der Waals surface area contributed by atoms with Gasteiger partial charge in [-0.25, -0.2) is 13.2 Å². The average Bonchev–Trinajstić information content (AvgIpc) is 2.54. The first-order valence-corrected chi connectivity index (χ1v) is 8.45. The van der Waals surface area contributed by atoms with Gasteiger partial charge in [-0.1, -0.05) is 12.1 Å². The van der Waals surface area contributed by atoms with Crippen LogP contribution in [0.1, 0.15) is 28.9 Å². The monoisotopic (exact) mass is 351 g/mol. The number of phenols is 1. The molecule has 2 aromatic carbocycles. The maximum Gasteiger partial charge on any atom is 0.341 e.